The Balaban J connectivity index is 1.53. The van der Waals surface area contributed by atoms with E-state index in [9.17, 15) is 9.59 Å². The molecule has 7 heteroatoms. The fourth-order valence-corrected chi connectivity index (χ4v) is 3.04. The third-order valence-electron chi connectivity index (χ3n) is 4.53. The maximum absolute atomic E-state index is 12.8. The Bertz CT molecular complexity index is 1300. The SMILES string of the molecule is N#Cc1ccc(NC(=O)COC(=O)c2cc(-c3cccnc3)nc3ccccc23)cc1. The first-order valence-electron chi connectivity index (χ1n) is 9.41. The summed E-state index contributed by atoms with van der Waals surface area (Å²) in [4.78, 5) is 33.7. The number of para-hydroxylation sites is 1. The van der Waals surface area contributed by atoms with Crippen molar-refractivity contribution in [1.82, 2.24) is 9.97 Å². The lowest BCUT2D eigenvalue weighted by atomic mass is 10.1. The second-order valence-electron chi connectivity index (χ2n) is 6.63. The number of nitriles is 1. The molecule has 0 radical (unpaired) electrons. The average Bonchev–Trinajstić information content (AvgIpc) is 2.83. The molecule has 2 aromatic carbocycles. The molecule has 0 unspecified atom stereocenters. The fourth-order valence-electron chi connectivity index (χ4n) is 3.04. The van der Waals surface area contributed by atoms with Crippen LogP contribution in [0.2, 0.25) is 0 Å². The lowest BCUT2D eigenvalue weighted by molar-refractivity contribution is -0.119. The Morgan fingerprint density at radius 3 is 2.58 bits per heavy atom. The van der Waals surface area contributed by atoms with Gasteiger partial charge in [-0.05, 0) is 48.5 Å². The lowest BCUT2D eigenvalue weighted by Gasteiger charge is -2.10. The van der Waals surface area contributed by atoms with E-state index in [2.05, 4.69) is 15.3 Å². The predicted octanol–water partition coefficient (Wildman–Crippen LogP) is 3.96. The van der Waals surface area contributed by atoms with Crippen molar-refractivity contribution in [2.24, 2.45) is 0 Å². The Labute approximate surface area is 178 Å². The van der Waals surface area contributed by atoms with Gasteiger partial charge < -0.3 is 10.1 Å². The number of hydrogen-bond donors (Lipinski definition) is 1. The highest BCUT2D eigenvalue weighted by Gasteiger charge is 2.16. The number of aromatic nitrogens is 2. The molecule has 0 atom stereocenters. The van der Waals surface area contributed by atoms with E-state index in [-0.39, 0.29) is 0 Å². The van der Waals surface area contributed by atoms with Gasteiger partial charge in [-0.15, -0.1) is 0 Å². The molecule has 1 N–H and O–H groups in total. The number of benzene rings is 2. The summed E-state index contributed by atoms with van der Waals surface area (Å²) in [5, 5.41) is 12.1. The number of nitrogens with zero attached hydrogens (tertiary/aromatic N) is 3. The van der Waals surface area contributed by atoms with Crippen LogP contribution in [0.1, 0.15) is 15.9 Å². The number of hydrogen-bond acceptors (Lipinski definition) is 6. The molecule has 0 aliphatic heterocycles. The van der Waals surface area contributed by atoms with Crippen molar-refractivity contribution < 1.29 is 14.3 Å². The number of esters is 1. The number of carbonyl (C=O) groups excluding carboxylic acids is 2. The molecule has 2 heterocycles. The van der Waals surface area contributed by atoms with E-state index >= 15 is 0 Å². The summed E-state index contributed by atoms with van der Waals surface area (Å²) in [6.45, 7) is -0.447. The van der Waals surface area contributed by atoms with Crippen molar-refractivity contribution in [3.05, 3.63) is 90.3 Å². The third kappa shape index (κ3) is 4.54. The van der Waals surface area contributed by atoms with Crippen molar-refractivity contribution in [2.45, 2.75) is 0 Å². The van der Waals surface area contributed by atoms with Crippen molar-refractivity contribution in [2.75, 3.05) is 11.9 Å². The lowest BCUT2D eigenvalue weighted by Crippen LogP contribution is -2.21. The summed E-state index contributed by atoms with van der Waals surface area (Å²) < 4.78 is 5.26. The zero-order valence-corrected chi connectivity index (χ0v) is 16.3. The van der Waals surface area contributed by atoms with Gasteiger partial charge in [0, 0.05) is 29.0 Å². The minimum Gasteiger partial charge on any atom is -0.452 e. The summed E-state index contributed by atoms with van der Waals surface area (Å²) in [5.41, 5.74) is 3.29. The van der Waals surface area contributed by atoms with E-state index < -0.39 is 18.5 Å². The maximum Gasteiger partial charge on any atom is 0.339 e. The van der Waals surface area contributed by atoms with Crippen molar-refractivity contribution >= 4 is 28.5 Å². The summed E-state index contributed by atoms with van der Waals surface area (Å²) in [7, 11) is 0. The van der Waals surface area contributed by atoms with Crippen LogP contribution in [-0.2, 0) is 9.53 Å². The smallest absolute Gasteiger partial charge is 0.339 e. The number of carbonyl (C=O) groups is 2. The molecule has 0 aliphatic rings. The molecule has 31 heavy (non-hydrogen) atoms. The van der Waals surface area contributed by atoms with Crippen LogP contribution in [0.25, 0.3) is 22.2 Å². The Morgan fingerprint density at radius 2 is 1.84 bits per heavy atom. The first-order valence-corrected chi connectivity index (χ1v) is 9.41. The second kappa shape index (κ2) is 8.84. The first-order chi connectivity index (χ1) is 15.1. The van der Waals surface area contributed by atoms with Gasteiger partial charge in [0.15, 0.2) is 6.61 Å². The normalized spacial score (nSPS) is 10.3. The van der Waals surface area contributed by atoms with Gasteiger partial charge in [0.05, 0.1) is 28.4 Å². The Hall–Kier alpha value is -4.57. The molecule has 0 spiro atoms. The van der Waals surface area contributed by atoms with Gasteiger partial charge in [-0.1, -0.05) is 18.2 Å². The van der Waals surface area contributed by atoms with Gasteiger partial charge in [0.1, 0.15) is 0 Å². The summed E-state index contributed by atoms with van der Waals surface area (Å²) in [6.07, 6.45) is 3.32. The minimum atomic E-state index is -0.626. The highest BCUT2D eigenvalue weighted by molar-refractivity contribution is 6.05. The quantitative estimate of drug-likeness (QED) is 0.501. The van der Waals surface area contributed by atoms with Crippen molar-refractivity contribution in [3.8, 4) is 17.3 Å². The van der Waals surface area contributed by atoms with E-state index in [0.717, 1.165) is 5.56 Å². The molecule has 0 fully saturated rings. The number of ether oxygens (including phenoxy) is 1. The second-order valence-corrected chi connectivity index (χ2v) is 6.63. The van der Waals surface area contributed by atoms with Crippen molar-refractivity contribution in [3.63, 3.8) is 0 Å². The predicted molar refractivity (Wildman–Crippen MR) is 115 cm³/mol. The number of nitrogens with one attached hydrogen (secondary N) is 1. The number of anilines is 1. The van der Waals surface area contributed by atoms with E-state index in [1.807, 2.05) is 30.3 Å². The highest BCUT2D eigenvalue weighted by atomic mass is 16.5. The monoisotopic (exact) mass is 408 g/mol. The third-order valence-corrected chi connectivity index (χ3v) is 4.53. The number of pyridine rings is 2. The molecular weight excluding hydrogens is 392 g/mol. The van der Waals surface area contributed by atoms with Crippen LogP contribution in [0, 0.1) is 11.3 Å². The molecule has 4 aromatic rings. The van der Waals surface area contributed by atoms with Gasteiger partial charge in [-0.3, -0.25) is 9.78 Å². The summed E-state index contributed by atoms with van der Waals surface area (Å²) >= 11 is 0. The van der Waals surface area contributed by atoms with Gasteiger partial charge in [-0.25, -0.2) is 9.78 Å². The highest BCUT2D eigenvalue weighted by Crippen LogP contribution is 2.25. The van der Waals surface area contributed by atoms with Gasteiger partial charge >= 0.3 is 5.97 Å². The van der Waals surface area contributed by atoms with Gasteiger partial charge in [-0.2, -0.15) is 5.26 Å². The zero-order valence-electron chi connectivity index (χ0n) is 16.3. The number of amides is 1. The average molecular weight is 408 g/mol. The summed E-state index contributed by atoms with van der Waals surface area (Å²) in [6, 6.07) is 20.9. The molecule has 0 bridgehead atoms. The number of rotatable bonds is 5. The van der Waals surface area contributed by atoms with Crippen LogP contribution in [0.3, 0.4) is 0 Å². The molecule has 2 aromatic heterocycles. The van der Waals surface area contributed by atoms with Crippen LogP contribution < -0.4 is 5.32 Å². The van der Waals surface area contributed by atoms with Crippen LogP contribution >= 0.6 is 0 Å². The van der Waals surface area contributed by atoms with Crippen LogP contribution in [0.4, 0.5) is 5.69 Å². The Morgan fingerprint density at radius 1 is 1.03 bits per heavy atom. The van der Waals surface area contributed by atoms with E-state index in [0.29, 0.717) is 33.4 Å². The van der Waals surface area contributed by atoms with E-state index in [4.69, 9.17) is 10.00 Å². The molecule has 7 nitrogen and oxygen atoms in total. The molecule has 150 valence electrons. The van der Waals surface area contributed by atoms with E-state index in [1.54, 1.807) is 54.9 Å². The molecule has 0 saturated carbocycles. The largest absolute Gasteiger partial charge is 0.452 e. The summed E-state index contributed by atoms with van der Waals surface area (Å²) in [5.74, 6) is -1.11. The minimum absolute atomic E-state index is 0.315. The number of fused-ring (bicyclic) bond motifs is 1. The molecule has 1 amide bonds. The van der Waals surface area contributed by atoms with Crippen LogP contribution in [0.15, 0.2) is 79.1 Å². The molecule has 4 rings (SSSR count). The van der Waals surface area contributed by atoms with Crippen LogP contribution in [0.5, 0.6) is 0 Å². The van der Waals surface area contributed by atoms with Crippen molar-refractivity contribution in [1.29, 1.82) is 5.26 Å². The van der Waals surface area contributed by atoms with Gasteiger partial charge in [0.2, 0.25) is 0 Å². The zero-order chi connectivity index (χ0) is 21.6. The first kappa shape index (κ1) is 19.7. The van der Waals surface area contributed by atoms with Gasteiger partial charge in [0.25, 0.3) is 5.91 Å². The van der Waals surface area contributed by atoms with E-state index in [1.165, 1.54) is 0 Å². The Kier molecular flexibility index (Phi) is 5.63. The standard InChI is InChI=1S/C24H16N4O3/c25-13-16-7-9-18(10-8-16)27-23(29)15-31-24(30)20-12-22(17-4-3-11-26-14-17)28-21-6-2-1-5-19(20)21/h1-12,14H,15H2,(H,27,29). The maximum atomic E-state index is 12.8. The molecule has 0 saturated heterocycles. The fraction of sp³-hybridized carbons (Fsp3) is 0.0417. The topological polar surface area (TPSA) is 105 Å². The molecule has 0 aliphatic carbocycles. The van der Waals surface area contributed by atoms with Crippen LogP contribution in [-0.4, -0.2) is 28.5 Å². The molecular formula is C24H16N4O3.